The molecule has 1 aromatic heterocycles. The molecule has 2 aromatic carbocycles. The van der Waals surface area contributed by atoms with Gasteiger partial charge in [-0.05, 0) is 29.2 Å². The van der Waals surface area contributed by atoms with E-state index in [-0.39, 0.29) is 5.41 Å². The number of hydrogen-bond acceptors (Lipinski definition) is 2. The number of ether oxygens (including phenoxy) is 1. The fraction of sp³-hybridized carbons (Fsp3) is 0.250. The van der Waals surface area contributed by atoms with Crippen molar-refractivity contribution in [3.05, 3.63) is 72.1 Å². The number of aromatic nitrogens is 2. The minimum Gasteiger partial charge on any atom is -0.489 e. The number of nitrogens with zero attached hydrogens (tertiary/aromatic N) is 1. The quantitative estimate of drug-likeness (QED) is 0.740. The van der Waals surface area contributed by atoms with E-state index < -0.39 is 0 Å². The van der Waals surface area contributed by atoms with Crippen LogP contribution in [0.5, 0.6) is 5.75 Å². The average molecular weight is 306 g/mol. The molecule has 0 atom stereocenters. The molecule has 118 valence electrons. The van der Waals surface area contributed by atoms with E-state index in [4.69, 9.17) is 4.74 Å². The van der Waals surface area contributed by atoms with Crippen LogP contribution in [0.1, 0.15) is 31.9 Å². The second kappa shape index (κ2) is 6.29. The third-order valence-corrected chi connectivity index (χ3v) is 3.80. The van der Waals surface area contributed by atoms with Crippen LogP contribution in [0, 0.1) is 0 Å². The minimum atomic E-state index is -0.00533. The molecule has 3 rings (SSSR count). The maximum Gasteiger partial charge on any atom is 0.137 e. The molecule has 3 nitrogen and oxygen atoms in total. The molecule has 1 heterocycles. The molecule has 0 aliphatic heterocycles. The first kappa shape index (κ1) is 15.3. The summed E-state index contributed by atoms with van der Waals surface area (Å²) in [7, 11) is 0. The molecule has 23 heavy (non-hydrogen) atoms. The Morgan fingerprint density at radius 2 is 1.83 bits per heavy atom. The van der Waals surface area contributed by atoms with Crippen LogP contribution in [0.2, 0.25) is 0 Å². The number of benzene rings is 2. The third kappa shape index (κ3) is 3.62. The summed E-state index contributed by atoms with van der Waals surface area (Å²) in [6.45, 7) is 7.17. The maximum absolute atomic E-state index is 6.09. The highest BCUT2D eigenvalue weighted by molar-refractivity contribution is 5.60. The van der Waals surface area contributed by atoms with E-state index in [1.165, 1.54) is 11.1 Å². The van der Waals surface area contributed by atoms with Gasteiger partial charge in [0.25, 0.3) is 0 Å². The normalized spacial score (nSPS) is 11.4. The highest BCUT2D eigenvalue weighted by Crippen LogP contribution is 2.34. The van der Waals surface area contributed by atoms with Gasteiger partial charge in [0.05, 0.1) is 0 Å². The lowest BCUT2D eigenvalue weighted by atomic mass is 9.85. The largest absolute Gasteiger partial charge is 0.489 e. The summed E-state index contributed by atoms with van der Waals surface area (Å²) in [4.78, 5) is 7.49. The molecule has 3 heteroatoms. The number of rotatable bonds is 4. The summed E-state index contributed by atoms with van der Waals surface area (Å²) in [6.07, 6.45) is 3.61. The van der Waals surface area contributed by atoms with Crippen LogP contribution in [0.25, 0.3) is 11.4 Å². The number of aromatic amines is 1. The van der Waals surface area contributed by atoms with Crippen molar-refractivity contribution in [2.24, 2.45) is 0 Å². The molecule has 0 saturated carbocycles. The minimum absolute atomic E-state index is 0.00533. The van der Waals surface area contributed by atoms with E-state index in [1.807, 2.05) is 30.5 Å². The lowest BCUT2D eigenvalue weighted by molar-refractivity contribution is 0.297. The zero-order valence-corrected chi connectivity index (χ0v) is 13.8. The van der Waals surface area contributed by atoms with Crippen LogP contribution in [0.15, 0.2) is 60.9 Å². The Bertz CT molecular complexity index is 756. The standard InChI is InChI=1S/C20H22N2O/c1-20(2,3)17-13-16(19-21-11-12-22-19)9-10-18(17)23-14-15-7-5-4-6-8-15/h4-13H,14H2,1-3H3,(H,21,22). The number of hydrogen-bond donors (Lipinski definition) is 1. The van der Waals surface area contributed by atoms with Gasteiger partial charge in [-0.3, -0.25) is 0 Å². The predicted octanol–water partition coefficient (Wildman–Crippen LogP) is 4.95. The number of imidazole rings is 1. The van der Waals surface area contributed by atoms with Crippen molar-refractivity contribution in [2.75, 3.05) is 0 Å². The third-order valence-electron chi connectivity index (χ3n) is 3.80. The van der Waals surface area contributed by atoms with Gasteiger partial charge in [-0.2, -0.15) is 0 Å². The van der Waals surface area contributed by atoms with Crippen molar-refractivity contribution in [3.8, 4) is 17.1 Å². The van der Waals surface area contributed by atoms with Crippen molar-refractivity contribution in [1.82, 2.24) is 9.97 Å². The Hall–Kier alpha value is -2.55. The van der Waals surface area contributed by atoms with Crippen molar-refractivity contribution >= 4 is 0 Å². The first-order valence-electron chi connectivity index (χ1n) is 7.85. The molecular formula is C20H22N2O. The Morgan fingerprint density at radius 3 is 2.48 bits per heavy atom. The van der Waals surface area contributed by atoms with Gasteiger partial charge in [0.1, 0.15) is 18.2 Å². The van der Waals surface area contributed by atoms with Gasteiger partial charge in [0, 0.05) is 23.5 Å². The number of nitrogens with one attached hydrogen (secondary N) is 1. The molecule has 0 unspecified atom stereocenters. The Kier molecular flexibility index (Phi) is 4.20. The average Bonchev–Trinajstić information content (AvgIpc) is 3.07. The summed E-state index contributed by atoms with van der Waals surface area (Å²) in [5.74, 6) is 1.81. The van der Waals surface area contributed by atoms with Gasteiger partial charge in [-0.25, -0.2) is 4.98 Å². The first-order chi connectivity index (χ1) is 11.0. The van der Waals surface area contributed by atoms with E-state index in [0.29, 0.717) is 6.61 Å². The number of H-pyrrole nitrogens is 1. The molecule has 0 amide bonds. The van der Waals surface area contributed by atoms with E-state index >= 15 is 0 Å². The van der Waals surface area contributed by atoms with Gasteiger partial charge in [0.2, 0.25) is 0 Å². The predicted molar refractivity (Wildman–Crippen MR) is 93.5 cm³/mol. The van der Waals surface area contributed by atoms with Crippen LogP contribution >= 0.6 is 0 Å². The second-order valence-corrected chi connectivity index (χ2v) is 6.67. The summed E-state index contributed by atoms with van der Waals surface area (Å²) in [5, 5.41) is 0. The van der Waals surface area contributed by atoms with Crippen LogP contribution in [0.3, 0.4) is 0 Å². The molecule has 0 radical (unpaired) electrons. The van der Waals surface area contributed by atoms with Gasteiger partial charge >= 0.3 is 0 Å². The lowest BCUT2D eigenvalue weighted by Gasteiger charge is -2.23. The van der Waals surface area contributed by atoms with Gasteiger partial charge in [-0.15, -0.1) is 0 Å². The monoisotopic (exact) mass is 306 g/mol. The fourth-order valence-corrected chi connectivity index (χ4v) is 2.55. The second-order valence-electron chi connectivity index (χ2n) is 6.67. The first-order valence-corrected chi connectivity index (χ1v) is 7.85. The zero-order valence-electron chi connectivity index (χ0n) is 13.8. The van der Waals surface area contributed by atoms with Gasteiger partial charge in [0.15, 0.2) is 0 Å². The van der Waals surface area contributed by atoms with E-state index in [9.17, 15) is 0 Å². The van der Waals surface area contributed by atoms with E-state index in [2.05, 4.69) is 55.0 Å². The van der Waals surface area contributed by atoms with Crippen LogP contribution in [-0.2, 0) is 12.0 Å². The highest BCUT2D eigenvalue weighted by atomic mass is 16.5. The molecule has 0 fully saturated rings. The summed E-state index contributed by atoms with van der Waals surface area (Å²) < 4.78 is 6.09. The van der Waals surface area contributed by atoms with Crippen molar-refractivity contribution in [2.45, 2.75) is 32.8 Å². The molecule has 1 N–H and O–H groups in total. The fourth-order valence-electron chi connectivity index (χ4n) is 2.55. The topological polar surface area (TPSA) is 37.9 Å². The summed E-state index contributed by atoms with van der Waals surface area (Å²) in [5.41, 5.74) is 3.42. The molecule has 0 spiro atoms. The molecule has 0 saturated heterocycles. The van der Waals surface area contributed by atoms with Crippen molar-refractivity contribution < 1.29 is 4.74 Å². The van der Waals surface area contributed by atoms with E-state index in [1.54, 1.807) is 6.20 Å². The zero-order chi connectivity index (χ0) is 16.3. The van der Waals surface area contributed by atoms with Crippen LogP contribution in [-0.4, -0.2) is 9.97 Å². The summed E-state index contributed by atoms with van der Waals surface area (Å²) in [6, 6.07) is 16.5. The maximum atomic E-state index is 6.09. The Labute approximate surface area is 137 Å². The lowest BCUT2D eigenvalue weighted by Crippen LogP contribution is -2.13. The molecule has 0 aliphatic carbocycles. The Morgan fingerprint density at radius 1 is 1.04 bits per heavy atom. The highest BCUT2D eigenvalue weighted by Gasteiger charge is 2.20. The van der Waals surface area contributed by atoms with Gasteiger partial charge in [-0.1, -0.05) is 51.1 Å². The summed E-state index contributed by atoms with van der Waals surface area (Å²) >= 11 is 0. The van der Waals surface area contributed by atoms with Crippen molar-refractivity contribution in [3.63, 3.8) is 0 Å². The molecule has 0 aliphatic rings. The van der Waals surface area contributed by atoms with E-state index in [0.717, 1.165) is 17.1 Å². The van der Waals surface area contributed by atoms with Crippen LogP contribution < -0.4 is 4.74 Å². The Balaban J connectivity index is 1.90. The smallest absolute Gasteiger partial charge is 0.137 e. The molecule has 3 aromatic rings. The molecular weight excluding hydrogens is 284 g/mol. The van der Waals surface area contributed by atoms with Gasteiger partial charge < -0.3 is 9.72 Å². The molecule has 0 bridgehead atoms. The van der Waals surface area contributed by atoms with Crippen LogP contribution in [0.4, 0.5) is 0 Å². The van der Waals surface area contributed by atoms with Crippen molar-refractivity contribution in [1.29, 1.82) is 0 Å². The SMILES string of the molecule is CC(C)(C)c1cc(-c2ncc[nH]2)ccc1OCc1ccccc1.